The molecular formula is C62H68ClF3N8O8S3. The van der Waals surface area contributed by atoms with E-state index in [9.17, 15) is 49.2 Å². The van der Waals surface area contributed by atoms with Gasteiger partial charge < -0.3 is 15.1 Å². The molecule has 0 saturated carbocycles. The number of sulfonamides is 1. The quantitative estimate of drug-likeness (QED) is 0.0524. The summed E-state index contributed by atoms with van der Waals surface area (Å²) in [4.78, 5) is 60.9. The van der Waals surface area contributed by atoms with Crippen LogP contribution in [0, 0.1) is 5.41 Å². The van der Waals surface area contributed by atoms with Crippen molar-refractivity contribution in [3.63, 3.8) is 0 Å². The predicted octanol–water partition coefficient (Wildman–Crippen LogP) is 9.22. The van der Waals surface area contributed by atoms with Gasteiger partial charge in [0.05, 0.1) is 10.6 Å². The molecule has 5 aromatic rings. The Hall–Kier alpha value is -6.27. The number of halogens is 4. The van der Waals surface area contributed by atoms with Crippen molar-refractivity contribution in [2.45, 2.75) is 116 Å². The minimum absolute atomic E-state index is 0.0222. The lowest BCUT2D eigenvalue weighted by atomic mass is 9.73. The first-order chi connectivity index (χ1) is 40.5. The summed E-state index contributed by atoms with van der Waals surface area (Å²) >= 11 is 7.65. The minimum atomic E-state index is -6.14. The number of allylic oxidation sites excluding steroid dienone is 1. The zero-order chi connectivity index (χ0) is 60.0. The summed E-state index contributed by atoms with van der Waals surface area (Å²) in [6.07, 6.45) is 4.84. The molecule has 0 spiro atoms. The number of nitrogens with one attached hydrogen (secondary N) is 3. The summed E-state index contributed by atoms with van der Waals surface area (Å²) in [6.45, 7) is 11.4. The lowest BCUT2D eigenvalue weighted by Gasteiger charge is -2.39. The van der Waals surface area contributed by atoms with Crippen molar-refractivity contribution < 1.29 is 49.2 Å². The third-order valence-electron chi connectivity index (χ3n) is 17.5. The van der Waals surface area contributed by atoms with Crippen molar-refractivity contribution in [3.8, 4) is 0 Å². The molecule has 6 aliphatic rings. The molecule has 85 heavy (non-hydrogen) atoms. The van der Waals surface area contributed by atoms with E-state index in [-0.39, 0.29) is 54.3 Å². The Kier molecular flexibility index (Phi) is 17.4. The van der Waals surface area contributed by atoms with Crippen LogP contribution in [0.15, 0.2) is 136 Å². The van der Waals surface area contributed by atoms with Gasteiger partial charge in [-0.2, -0.15) is 13.2 Å². The summed E-state index contributed by atoms with van der Waals surface area (Å²) in [5.74, 6) is -1.77. The smallest absolute Gasteiger partial charge is 0.380 e. The number of piperidine rings is 1. The van der Waals surface area contributed by atoms with Gasteiger partial charge in [-0.3, -0.25) is 39.2 Å². The molecule has 4 atom stereocenters. The summed E-state index contributed by atoms with van der Waals surface area (Å²) in [7, 11) is -11.1. The molecule has 4 amide bonds. The van der Waals surface area contributed by atoms with Crippen molar-refractivity contribution in [1.29, 1.82) is 0 Å². The molecular weight excluding hydrogens is 1170 g/mol. The maximum absolute atomic E-state index is 14.5. The van der Waals surface area contributed by atoms with E-state index >= 15 is 0 Å². The highest BCUT2D eigenvalue weighted by Gasteiger charge is 2.49. The summed E-state index contributed by atoms with van der Waals surface area (Å²) in [5, 5.41) is 6.11. The Morgan fingerprint density at radius 3 is 2.25 bits per heavy atom. The number of anilines is 2. The second-order valence-electron chi connectivity index (χ2n) is 23.9. The van der Waals surface area contributed by atoms with Gasteiger partial charge in [-0.1, -0.05) is 73.5 Å². The molecule has 1 unspecified atom stereocenters. The highest BCUT2D eigenvalue weighted by Crippen LogP contribution is 2.44. The summed E-state index contributed by atoms with van der Waals surface area (Å²) in [5.41, 5.74) is 1.20. The molecule has 1 aliphatic carbocycles. The lowest BCUT2D eigenvalue weighted by Crippen LogP contribution is -2.52. The number of benzene rings is 5. The van der Waals surface area contributed by atoms with E-state index < -0.39 is 64.7 Å². The number of nitrogens with zero attached hydrogens (tertiary/aromatic N) is 5. The van der Waals surface area contributed by atoms with Crippen LogP contribution in [0.2, 0.25) is 5.02 Å². The van der Waals surface area contributed by atoms with Crippen LogP contribution in [-0.2, 0) is 42.5 Å². The SMILES string of the molecule is CC1(C)CCC(c2ccc(Cl)cc2)=C(CN2CCN(c3ccc(C(=O)NS(=O)(=O)c4ccc(N[C@H](CCN5C[C@H]6C[C@@H]5CN6Cc5ccc6c(c5)CN(C5CCC(=O)NC5=O)C6=O)CSc5ccccc5)c(S(=O)(=O)C(F)(F)F)c4)cc3)CC2)C1. The molecule has 5 aliphatic heterocycles. The molecule has 450 valence electrons. The number of amides is 4. The van der Waals surface area contributed by atoms with Crippen molar-refractivity contribution >= 4 is 83.8 Å². The monoisotopic (exact) mass is 1240 g/mol. The number of rotatable bonds is 19. The van der Waals surface area contributed by atoms with E-state index in [4.69, 9.17) is 11.6 Å². The Labute approximate surface area is 503 Å². The van der Waals surface area contributed by atoms with Gasteiger partial charge in [0.15, 0.2) is 0 Å². The fourth-order valence-electron chi connectivity index (χ4n) is 12.9. The molecule has 11 rings (SSSR count). The van der Waals surface area contributed by atoms with E-state index in [1.165, 1.54) is 45.5 Å². The topological polar surface area (TPSA) is 189 Å². The van der Waals surface area contributed by atoms with Gasteiger partial charge in [-0.05, 0) is 139 Å². The van der Waals surface area contributed by atoms with Crippen LogP contribution in [-0.4, -0.2) is 148 Å². The second-order valence-corrected chi connectivity index (χ2v) is 29.0. The van der Waals surface area contributed by atoms with Crippen LogP contribution in [0.25, 0.3) is 5.57 Å². The fraction of sp³-hybridized carbons (Fsp3) is 0.419. The first kappa shape index (κ1) is 60.4. The number of alkyl halides is 3. The number of imide groups is 1. The number of thioether (sulfide) groups is 1. The molecule has 16 nitrogen and oxygen atoms in total. The average Bonchev–Trinajstić information content (AvgIpc) is 2.61. The predicted molar refractivity (Wildman–Crippen MR) is 321 cm³/mol. The maximum atomic E-state index is 14.5. The third kappa shape index (κ3) is 13.5. The maximum Gasteiger partial charge on any atom is 0.501 e. The van der Waals surface area contributed by atoms with E-state index in [0.717, 1.165) is 105 Å². The first-order valence-corrected chi connectivity index (χ1v) is 33.1. The molecule has 4 fully saturated rings. The number of hydrogen-bond donors (Lipinski definition) is 3. The summed E-state index contributed by atoms with van der Waals surface area (Å²) < 4.78 is 100. The molecule has 4 saturated heterocycles. The van der Waals surface area contributed by atoms with Crippen LogP contribution in [0.4, 0.5) is 24.5 Å². The highest BCUT2D eigenvalue weighted by atomic mass is 35.5. The normalized spacial score (nSPS) is 21.8. The van der Waals surface area contributed by atoms with Crippen molar-refractivity contribution in [2.75, 3.05) is 68.3 Å². The molecule has 5 aromatic carbocycles. The Bertz CT molecular complexity index is 3640. The van der Waals surface area contributed by atoms with Gasteiger partial charge in [-0.15, -0.1) is 11.8 Å². The van der Waals surface area contributed by atoms with Gasteiger partial charge >= 0.3 is 5.51 Å². The molecule has 3 N–H and O–H groups in total. The zero-order valence-corrected chi connectivity index (χ0v) is 50.5. The van der Waals surface area contributed by atoms with E-state index in [0.29, 0.717) is 41.9 Å². The van der Waals surface area contributed by atoms with Gasteiger partial charge in [0, 0.05) is 122 Å². The molecule has 0 radical (unpaired) electrons. The first-order valence-electron chi connectivity index (χ1n) is 28.7. The molecule has 0 aromatic heterocycles. The van der Waals surface area contributed by atoms with Crippen molar-refractivity contribution in [2.24, 2.45) is 5.41 Å². The Morgan fingerprint density at radius 2 is 1.55 bits per heavy atom. The molecule has 23 heteroatoms. The van der Waals surface area contributed by atoms with Crippen molar-refractivity contribution in [3.05, 3.63) is 154 Å². The van der Waals surface area contributed by atoms with Crippen LogP contribution in [0.3, 0.4) is 0 Å². The number of carbonyl (C=O) groups is 4. The lowest BCUT2D eigenvalue weighted by molar-refractivity contribution is -0.136. The number of sulfone groups is 1. The number of likely N-dealkylation sites (tertiary alicyclic amines) is 2. The van der Waals surface area contributed by atoms with Gasteiger partial charge in [0.2, 0.25) is 11.8 Å². The molecule has 5 heterocycles. The third-order valence-corrected chi connectivity index (χ3v) is 21.8. The van der Waals surface area contributed by atoms with Crippen LogP contribution >= 0.6 is 23.4 Å². The van der Waals surface area contributed by atoms with Crippen LogP contribution in [0.5, 0.6) is 0 Å². The van der Waals surface area contributed by atoms with Crippen molar-refractivity contribution in [1.82, 2.24) is 29.6 Å². The minimum Gasteiger partial charge on any atom is -0.380 e. The van der Waals surface area contributed by atoms with Crippen LogP contribution < -0.4 is 20.3 Å². The van der Waals surface area contributed by atoms with Gasteiger partial charge in [0.25, 0.3) is 31.7 Å². The van der Waals surface area contributed by atoms with E-state index in [1.807, 2.05) is 59.3 Å². The number of carbonyl (C=O) groups excluding carboxylic acids is 4. The number of fused-ring (bicyclic) bond motifs is 3. The van der Waals surface area contributed by atoms with Gasteiger partial charge in [0.1, 0.15) is 10.9 Å². The largest absolute Gasteiger partial charge is 0.501 e. The summed E-state index contributed by atoms with van der Waals surface area (Å²) in [6, 6.07) is 31.1. The zero-order valence-electron chi connectivity index (χ0n) is 47.2. The fourth-order valence-corrected chi connectivity index (χ4v) is 16.1. The Morgan fingerprint density at radius 1 is 0.835 bits per heavy atom. The number of hydrogen-bond acceptors (Lipinski definition) is 14. The van der Waals surface area contributed by atoms with E-state index in [1.54, 1.807) is 18.2 Å². The standard InChI is InChI=1S/C62H68ClF3N8O8S3/c1-61(2)24-22-52(41-9-13-45(63)14-10-41)44(33-61)35-70-26-28-71(29-27-70)47-15-11-42(12-16-47)58(76)69-85(81,82)51-17-19-54(56(32-51)84(79,80)62(64,65)66)67-46(39-83-50-6-4-3-5-7-50)23-25-72-37-49-31-48(72)38-73(49)34-40-8-18-53-43(30-40)36-74(60(53)78)55-20-21-57(75)68-59(55)77/h3-19,30,32,46,48-49,55,67H,20-29,31,33-39H2,1-2H3,(H,69,76)(H,68,75,77)/t46-,48-,49-,55?/m1/s1. The second kappa shape index (κ2) is 24.5. The number of piperazine rings is 2. The van der Waals surface area contributed by atoms with E-state index in [2.05, 4.69) is 56.2 Å². The highest BCUT2D eigenvalue weighted by molar-refractivity contribution is 7.99. The van der Waals surface area contributed by atoms with Gasteiger partial charge in [-0.25, -0.2) is 21.6 Å². The molecule has 2 bridgehead atoms. The van der Waals surface area contributed by atoms with Crippen LogP contribution in [0.1, 0.15) is 96.2 Å². The average molecular weight is 1240 g/mol. The Balaban J connectivity index is 0.726.